The van der Waals surface area contributed by atoms with Crippen LogP contribution in [0.25, 0.3) is 0 Å². The lowest BCUT2D eigenvalue weighted by atomic mass is 9.92. The van der Waals surface area contributed by atoms with Gasteiger partial charge in [-0.1, -0.05) is 0 Å². The van der Waals surface area contributed by atoms with E-state index in [1.54, 1.807) is 14.1 Å². The number of hydrogen-bond acceptors (Lipinski definition) is 3. The average Bonchev–Trinajstić information content (AvgIpc) is 2.02. The molecule has 1 N–H and O–H groups in total. The molecule has 4 nitrogen and oxygen atoms in total. The van der Waals surface area contributed by atoms with E-state index < -0.39 is 5.60 Å². The zero-order valence-electron chi connectivity index (χ0n) is 8.58. The van der Waals surface area contributed by atoms with Crippen LogP contribution in [0.1, 0.15) is 12.8 Å². The number of β-amino-alcohol motifs (C(OH)–C–C–N with tert-alkyl or cyclic N) is 1. The second-order valence-corrected chi connectivity index (χ2v) is 4.07. The molecule has 0 aromatic carbocycles. The number of aliphatic hydroxyl groups is 1. The Balaban J connectivity index is 2.68. The van der Waals surface area contributed by atoms with Gasteiger partial charge in [0.25, 0.3) is 5.91 Å². The molecule has 1 atom stereocenters. The van der Waals surface area contributed by atoms with Crippen LogP contribution in [0.15, 0.2) is 0 Å². The highest BCUT2D eigenvalue weighted by Crippen LogP contribution is 2.21. The number of carbonyl (C=O) groups excluding carboxylic acids is 1. The monoisotopic (exact) mass is 186 g/mol. The number of hydrogen-bond donors (Lipinski definition) is 1. The molecule has 1 unspecified atom stereocenters. The maximum Gasteiger partial charge on any atom is 0.255 e. The second kappa shape index (κ2) is 3.64. The number of likely N-dealkylation sites (N-methyl/N-ethyl adjacent to an activating group) is 2. The molecule has 0 spiro atoms. The van der Waals surface area contributed by atoms with Crippen LogP contribution in [0, 0.1) is 0 Å². The quantitative estimate of drug-likeness (QED) is 0.602. The third kappa shape index (κ3) is 2.19. The van der Waals surface area contributed by atoms with Crippen LogP contribution in [0.3, 0.4) is 0 Å². The highest BCUT2D eigenvalue weighted by molar-refractivity contribution is 5.84. The number of piperidine rings is 1. The molecule has 1 rings (SSSR count). The van der Waals surface area contributed by atoms with Gasteiger partial charge in [0.15, 0.2) is 5.60 Å². The maximum atomic E-state index is 11.6. The summed E-state index contributed by atoms with van der Waals surface area (Å²) in [4.78, 5) is 15.1. The van der Waals surface area contributed by atoms with Gasteiger partial charge < -0.3 is 14.9 Å². The van der Waals surface area contributed by atoms with Crippen molar-refractivity contribution in [1.82, 2.24) is 9.80 Å². The lowest BCUT2D eigenvalue weighted by molar-refractivity contribution is -0.153. The molecule has 0 bridgehead atoms. The summed E-state index contributed by atoms with van der Waals surface area (Å²) in [6.07, 6.45) is 1.46. The molecule has 1 amide bonds. The van der Waals surface area contributed by atoms with Crippen molar-refractivity contribution in [2.75, 3.05) is 34.2 Å². The first-order chi connectivity index (χ1) is 5.96. The summed E-state index contributed by atoms with van der Waals surface area (Å²) in [5.74, 6) is -0.181. The molecule has 1 aliphatic heterocycles. The van der Waals surface area contributed by atoms with Gasteiger partial charge in [-0.05, 0) is 26.4 Å². The summed E-state index contributed by atoms with van der Waals surface area (Å²) in [7, 11) is 5.27. The molecule has 76 valence electrons. The molecule has 4 heteroatoms. The van der Waals surface area contributed by atoms with Crippen LogP contribution in [0.4, 0.5) is 0 Å². The smallest absolute Gasteiger partial charge is 0.255 e. The third-order valence-electron chi connectivity index (χ3n) is 2.47. The van der Waals surface area contributed by atoms with E-state index >= 15 is 0 Å². The zero-order chi connectivity index (χ0) is 10.1. The standard InChI is InChI=1S/C9H18N2O2/c1-10(2)8(12)9(13)5-4-6-11(3)7-9/h13H,4-7H2,1-3H3. The molecule has 1 saturated heterocycles. The van der Waals surface area contributed by atoms with E-state index in [2.05, 4.69) is 0 Å². The topological polar surface area (TPSA) is 43.8 Å². The highest BCUT2D eigenvalue weighted by Gasteiger charge is 2.40. The fourth-order valence-corrected chi connectivity index (χ4v) is 1.84. The molecule has 0 aromatic heterocycles. The lowest BCUT2D eigenvalue weighted by Gasteiger charge is -2.37. The lowest BCUT2D eigenvalue weighted by Crippen LogP contribution is -2.55. The number of amides is 1. The van der Waals surface area contributed by atoms with Gasteiger partial charge in [-0.2, -0.15) is 0 Å². The third-order valence-corrected chi connectivity index (χ3v) is 2.47. The summed E-state index contributed by atoms with van der Waals surface area (Å²) >= 11 is 0. The summed E-state index contributed by atoms with van der Waals surface area (Å²) in [6.45, 7) is 1.41. The molecule has 0 aromatic rings. The van der Waals surface area contributed by atoms with E-state index in [4.69, 9.17) is 0 Å². The predicted molar refractivity (Wildman–Crippen MR) is 50.4 cm³/mol. The molecule has 0 aliphatic carbocycles. The Hall–Kier alpha value is -0.610. The fourth-order valence-electron chi connectivity index (χ4n) is 1.84. The van der Waals surface area contributed by atoms with Gasteiger partial charge in [-0.15, -0.1) is 0 Å². The Bertz CT molecular complexity index is 206. The number of nitrogens with zero attached hydrogens (tertiary/aromatic N) is 2. The molecular formula is C9H18N2O2. The van der Waals surface area contributed by atoms with Gasteiger partial charge in [0.05, 0.1) is 0 Å². The number of rotatable bonds is 1. The van der Waals surface area contributed by atoms with Crippen molar-refractivity contribution >= 4 is 5.91 Å². The summed E-state index contributed by atoms with van der Waals surface area (Å²) in [6, 6.07) is 0. The highest BCUT2D eigenvalue weighted by atomic mass is 16.3. The Kier molecular flexibility index (Phi) is 2.93. The van der Waals surface area contributed by atoms with E-state index in [1.807, 2.05) is 11.9 Å². The first-order valence-corrected chi connectivity index (χ1v) is 4.58. The van der Waals surface area contributed by atoms with Crippen molar-refractivity contribution in [3.63, 3.8) is 0 Å². The summed E-state index contributed by atoms with van der Waals surface area (Å²) in [5.41, 5.74) is -1.16. The Morgan fingerprint density at radius 3 is 2.62 bits per heavy atom. The molecular weight excluding hydrogens is 168 g/mol. The van der Waals surface area contributed by atoms with Crippen LogP contribution in [0.5, 0.6) is 0 Å². The molecule has 1 aliphatic rings. The predicted octanol–water partition coefficient (Wildman–Crippen LogP) is -0.469. The second-order valence-electron chi connectivity index (χ2n) is 4.07. The normalized spacial score (nSPS) is 30.2. The van der Waals surface area contributed by atoms with E-state index in [0.29, 0.717) is 13.0 Å². The molecule has 1 heterocycles. The summed E-state index contributed by atoms with van der Waals surface area (Å²) in [5, 5.41) is 10.0. The number of carbonyl (C=O) groups is 1. The van der Waals surface area contributed by atoms with Gasteiger partial charge in [-0.25, -0.2) is 0 Å². The SMILES string of the molecule is CN1CCCC(O)(C(=O)N(C)C)C1. The maximum absolute atomic E-state index is 11.6. The minimum Gasteiger partial charge on any atom is -0.379 e. The number of likely N-dealkylation sites (tertiary alicyclic amines) is 1. The van der Waals surface area contributed by atoms with Crippen molar-refractivity contribution < 1.29 is 9.90 Å². The first kappa shape index (κ1) is 10.5. The van der Waals surface area contributed by atoms with Crippen molar-refractivity contribution in [2.24, 2.45) is 0 Å². The van der Waals surface area contributed by atoms with Crippen molar-refractivity contribution in [3.05, 3.63) is 0 Å². The molecule has 0 saturated carbocycles. The van der Waals surface area contributed by atoms with Gasteiger partial charge in [0, 0.05) is 20.6 Å². The van der Waals surface area contributed by atoms with Gasteiger partial charge in [-0.3, -0.25) is 4.79 Å². The van der Waals surface area contributed by atoms with Crippen LogP contribution in [0.2, 0.25) is 0 Å². The molecule has 13 heavy (non-hydrogen) atoms. The van der Waals surface area contributed by atoms with E-state index in [9.17, 15) is 9.90 Å². The van der Waals surface area contributed by atoms with Crippen molar-refractivity contribution in [2.45, 2.75) is 18.4 Å². The average molecular weight is 186 g/mol. The van der Waals surface area contributed by atoms with E-state index in [1.165, 1.54) is 4.90 Å². The Morgan fingerprint density at radius 2 is 2.15 bits per heavy atom. The van der Waals surface area contributed by atoms with Crippen molar-refractivity contribution in [1.29, 1.82) is 0 Å². The van der Waals surface area contributed by atoms with Crippen molar-refractivity contribution in [3.8, 4) is 0 Å². The van der Waals surface area contributed by atoms with E-state index in [-0.39, 0.29) is 5.91 Å². The zero-order valence-corrected chi connectivity index (χ0v) is 8.58. The summed E-state index contributed by atoms with van der Waals surface area (Å²) < 4.78 is 0. The molecule has 1 fully saturated rings. The van der Waals surface area contributed by atoms with Gasteiger partial charge >= 0.3 is 0 Å². The Labute approximate surface area is 79.1 Å². The minimum atomic E-state index is -1.16. The minimum absolute atomic E-state index is 0.181. The van der Waals surface area contributed by atoms with Crippen LogP contribution in [-0.4, -0.2) is 60.6 Å². The van der Waals surface area contributed by atoms with Gasteiger partial charge in [0.1, 0.15) is 0 Å². The largest absolute Gasteiger partial charge is 0.379 e. The van der Waals surface area contributed by atoms with Gasteiger partial charge in [0.2, 0.25) is 0 Å². The first-order valence-electron chi connectivity index (χ1n) is 4.58. The molecule has 0 radical (unpaired) electrons. The van der Waals surface area contributed by atoms with Crippen LogP contribution >= 0.6 is 0 Å². The van der Waals surface area contributed by atoms with E-state index in [0.717, 1.165) is 13.0 Å². The fraction of sp³-hybridized carbons (Fsp3) is 0.889. The van der Waals surface area contributed by atoms with Crippen LogP contribution < -0.4 is 0 Å². The van der Waals surface area contributed by atoms with Crippen LogP contribution in [-0.2, 0) is 4.79 Å². The Morgan fingerprint density at radius 1 is 1.54 bits per heavy atom.